The molecule has 0 saturated heterocycles. The molecule has 0 spiro atoms. The van der Waals surface area contributed by atoms with E-state index in [1.807, 2.05) is 12.1 Å². The zero-order valence-electron chi connectivity index (χ0n) is 9.16. The normalized spacial score (nSPS) is 10.7. The van der Waals surface area contributed by atoms with Crippen molar-refractivity contribution in [3.63, 3.8) is 0 Å². The topological polar surface area (TPSA) is 91.8 Å². The van der Waals surface area contributed by atoms with Gasteiger partial charge in [0.1, 0.15) is 5.82 Å². The number of fused-ring (bicyclic) bond motifs is 1. The molecule has 0 fully saturated rings. The molecule has 0 bridgehead atoms. The Labute approximate surface area is 101 Å². The van der Waals surface area contributed by atoms with Gasteiger partial charge in [0.05, 0.1) is 11.1 Å². The van der Waals surface area contributed by atoms with Gasteiger partial charge in [0, 0.05) is 24.2 Å². The minimum absolute atomic E-state index is 0.132. The maximum atomic E-state index is 10.8. The monoisotopic (exact) mass is 240 g/mol. The maximum absolute atomic E-state index is 10.8. The Hall–Kier alpha value is -2.76. The number of carbonyl (C=O) groups is 1. The molecule has 88 valence electrons. The third kappa shape index (κ3) is 1.69. The number of carboxylic acids is 1. The van der Waals surface area contributed by atoms with Crippen LogP contribution in [0.15, 0.2) is 36.8 Å². The van der Waals surface area contributed by atoms with Crippen molar-refractivity contribution in [2.75, 3.05) is 0 Å². The molecule has 0 aliphatic carbocycles. The molecular formula is C12H8N4O2. The zero-order valence-corrected chi connectivity index (χ0v) is 9.16. The number of nitrogens with zero attached hydrogens (tertiary/aromatic N) is 3. The van der Waals surface area contributed by atoms with Crippen molar-refractivity contribution >= 4 is 17.1 Å². The summed E-state index contributed by atoms with van der Waals surface area (Å²) in [5.74, 6) is -0.369. The number of nitrogens with one attached hydrogen (secondary N) is 1. The highest BCUT2D eigenvalue weighted by atomic mass is 16.4. The van der Waals surface area contributed by atoms with Gasteiger partial charge < -0.3 is 10.1 Å². The Balaban J connectivity index is 2.14. The molecular weight excluding hydrogens is 232 g/mol. The quantitative estimate of drug-likeness (QED) is 0.711. The van der Waals surface area contributed by atoms with E-state index < -0.39 is 5.97 Å². The van der Waals surface area contributed by atoms with E-state index in [2.05, 4.69) is 19.9 Å². The van der Waals surface area contributed by atoms with Gasteiger partial charge in [0.15, 0.2) is 5.65 Å². The lowest BCUT2D eigenvalue weighted by atomic mass is 10.2. The molecule has 3 aromatic heterocycles. The number of pyridine rings is 2. The second kappa shape index (κ2) is 3.92. The van der Waals surface area contributed by atoms with Gasteiger partial charge in [-0.05, 0) is 18.2 Å². The van der Waals surface area contributed by atoms with E-state index in [0.717, 1.165) is 5.56 Å². The highest BCUT2D eigenvalue weighted by Crippen LogP contribution is 2.18. The lowest BCUT2D eigenvalue weighted by Gasteiger charge is -1.93. The van der Waals surface area contributed by atoms with Gasteiger partial charge in [-0.15, -0.1) is 0 Å². The van der Waals surface area contributed by atoms with Crippen molar-refractivity contribution in [1.82, 2.24) is 19.9 Å². The van der Waals surface area contributed by atoms with E-state index in [1.165, 1.54) is 12.3 Å². The zero-order chi connectivity index (χ0) is 12.5. The van der Waals surface area contributed by atoms with Crippen molar-refractivity contribution in [1.29, 1.82) is 0 Å². The number of imidazole rings is 1. The van der Waals surface area contributed by atoms with E-state index in [1.54, 1.807) is 12.4 Å². The van der Waals surface area contributed by atoms with Crippen LogP contribution in [0.3, 0.4) is 0 Å². The van der Waals surface area contributed by atoms with Crippen LogP contribution in [0.2, 0.25) is 0 Å². The summed E-state index contributed by atoms with van der Waals surface area (Å²) < 4.78 is 0. The van der Waals surface area contributed by atoms with Gasteiger partial charge in [-0.1, -0.05) is 0 Å². The van der Waals surface area contributed by atoms with Crippen molar-refractivity contribution in [3.8, 4) is 11.4 Å². The summed E-state index contributed by atoms with van der Waals surface area (Å²) >= 11 is 0. The third-order valence-electron chi connectivity index (χ3n) is 2.54. The van der Waals surface area contributed by atoms with Gasteiger partial charge in [-0.3, -0.25) is 4.98 Å². The molecule has 6 heteroatoms. The van der Waals surface area contributed by atoms with Crippen LogP contribution in [0.4, 0.5) is 0 Å². The summed E-state index contributed by atoms with van der Waals surface area (Å²) in [6, 6.07) is 5.15. The summed E-state index contributed by atoms with van der Waals surface area (Å²) in [7, 11) is 0. The van der Waals surface area contributed by atoms with Crippen LogP contribution >= 0.6 is 0 Å². The summed E-state index contributed by atoms with van der Waals surface area (Å²) in [6.07, 6.45) is 4.62. The van der Waals surface area contributed by atoms with Gasteiger partial charge in [-0.25, -0.2) is 14.8 Å². The smallest absolute Gasteiger partial charge is 0.337 e. The first-order chi connectivity index (χ1) is 8.74. The van der Waals surface area contributed by atoms with Crippen molar-refractivity contribution in [2.45, 2.75) is 0 Å². The minimum Gasteiger partial charge on any atom is -0.478 e. The number of rotatable bonds is 2. The number of aromatic amines is 1. The van der Waals surface area contributed by atoms with Gasteiger partial charge >= 0.3 is 5.97 Å². The lowest BCUT2D eigenvalue weighted by molar-refractivity contribution is 0.0696. The number of hydrogen-bond donors (Lipinski definition) is 2. The molecule has 0 atom stereocenters. The summed E-state index contributed by atoms with van der Waals surface area (Å²) in [6.45, 7) is 0. The minimum atomic E-state index is -1.01. The van der Waals surface area contributed by atoms with E-state index in [0.29, 0.717) is 17.0 Å². The molecule has 3 rings (SSSR count). The van der Waals surface area contributed by atoms with Gasteiger partial charge in [0.25, 0.3) is 0 Å². The second-order valence-corrected chi connectivity index (χ2v) is 3.72. The first-order valence-electron chi connectivity index (χ1n) is 5.23. The number of aromatic carboxylic acids is 1. The van der Waals surface area contributed by atoms with Crippen LogP contribution < -0.4 is 0 Å². The highest BCUT2D eigenvalue weighted by Gasteiger charge is 2.09. The van der Waals surface area contributed by atoms with E-state index in [4.69, 9.17) is 5.11 Å². The Morgan fingerprint density at radius 3 is 2.78 bits per heavy atom. The molecule has 0 radical (unpaired) electrons. The maximum Gasteiger partial charge on any atom is 0.337 e. The number of carboxylic acid groups (broad SMARTS) is 1. The molecule has 0 amide bonds. The number of aromatic nitrogens is 4. The fourth-order valence-corrected chi connectivity index (χ4v) is 1.66. The van der Waals surface area contributed by atoms with Crippen LogP contribution in [-0.4, -0.2) is 31.0 Å². The molecule has 3 aromatic rings. The molecule has 3 heterocycles. The third-order valence-corrected chi connectivity index (χ3v) is 2.54. The van der Waals surface area contributed by atoms with Gasteiger partial charge in [0.2, 0.25) is 0 Å². The molecule has 0 aliphatic rings. The number of hydrogen-bond acceptors (Lipinski definition) is 4. The largest absolute Gasteiger partial charge is 0.478 e. The summed E-state index contributed by atoms with van der Waals surface area (Å²) in [4.78, 5) is 26.1. The Kier molecular flexibility index (Phi) is 2.26. The fourth-order valence-electron chi connectivity index (χ4n) is 1.66. The van der Waals surface area contributed by atoms with Crippen molar-refractivity contribution in [2.24, 2.45) is 0 Å². The Bertz CT molecular complexity index is 721. The van der Waals surface area contributed by atoms with E-state index in [9.17, 15) is 4.79 Å². The van der Waals surface area contributed by atoms with Crippen molar-refractivity contribution in [3.05, 3.63) is 42.4 Å². The predicted octanol–water partition coefficient (Wildman–Crippen LogP) is 1.72. The molecule has 0 aliphatic heterocycles. The number of H-pyrrole nitrogens is 1. The lowest BCUT2D eigenvalue weighted by Crippen LogP contribution is -1.96. The fraction of sp³-hybridized carbons (Fsp3) is 0. The first kappa shape index (κ1) is 10.4. The van der Waals surface area contributed by atoms with E-state index in [-0.39, 0.29) is 5.56 Å². The van der Waals surface area contributed by atoms with Gasteiger partial charge in [-0.2, -0.15) is 0 Å². The molecule has 0 aromatic carbocycles. The average Bonchev–Trinajstić information content (AvgIpc) is 2.82. The molecule has 2 N–H and O–H groups in total. The van der Waals surface area contributed by atoms with Crippen LogP contribution in [0, 0.1) is 0 Å². The van der Waals surface area contributed by atoms with Crippen molar-refractivity contribution < 1.29 is 9.90 Å². The summed E-state index contributed by atoms with van der Waals surface area (Å²) in [5, 5.41) is 8.89. The highest BCUT2D eigenvalue weighted by molar-refractivity contribution is 5.91. The SMILES string of the molecule is O=C(O)c1cnc2nc(-c3ccncc3)[nH]c2c1. The standard InChI is InChI=1S/C12H8N4O2/c17-12(18)8-5-9-11(14-6-8)16-10(15-9)7-1-3-13-4-2-7/h1-6H,(H,17,18)(H,14,15,16). The summed E-state index contributed by atoms with van der Waals surface area (Å²) in [5.41, 5.74) is 2.10. The Morgan fingerprint density at radius 1 is 1.28 bits per heavy atom. The average molecular weight is 240 g/mol. The molecule has 0 saturated carbocycles. The van der Waals surface area contributed by atoms with Crippen LogP contribution in [0.5, 0.6) is 0 Å². The second-order valence-electron chi connectivity index (χ2n) is 3.72. The van der Waals surface area contributed by atoms with Crippen LogP contribution in [0.25, 0.3) is 22.6 Å². The molecule has 18 heavy (non-hydrogen) atoms. The first-order valence-corrected chi connectivity index (χ1v) is 5.23. The van der Waals surface area contributed by atoms with Crippen LogP contribution in [0.1, 0.15) is 10.4 Å². The molecule has 6 nitrogen and oxygen atoms in total. The Morgan fingerprint density at radius 2 is 2.06 bits per heavy atom. The molecule has 0 unspecified atom stereocenters. The predicted molar refractivity (Wildman–Crippen MR) is 64.1 cm³/mol. The van der Waals surface area contributed by atoms with E-state index >= 15 is 0 Å². The van der Waals surface area contributed by atoms with Crippen LogP contribution in [-0.2, 0) is 0 Å².